The largest absolute Gasteiger partial charge is 0.357 e. The Bertz CT molecular complexity index is 653. The van der Waals surface area contributed by atoms with E-state index in [1.807, 2.05) is 13.8 Å². The Morgan fingerprint density at radius 1 is 1.20 bits per heavy atom. The molecule has 2 heterocycles. The van der Waals surface area contributed by atoms with Crippen molar-refractivity contribution in [3.63, 3.8) is 0 Å². The maximum Gasteiger partial charge on any atom is 0.194 e. The lowest BCUT2D eigenvalue weighted by molar-refractivity contribution is 0.470. The molecule has 0 amide bonds. The minimum Gasteiger partial charge on any atom is -0.357 e. The normalized spacial score (nSPS) is 11.3. The second-order valence-corrected chi connectivity index (χ2v) is 7.79. The lowest BCUT2D eigenvalue weighted by Crippen LogP contribution is -2.38. The van der Waals surface area contributed by atoms with E-state index in [2.05, 4.69) is 44.9 Å². The number of aromatic nitrogens is 2. The van der Waals surface area contributed by atoms with Gasteiger partial charge in [-0.1, -0.05) is 0 Å². The minimum absolute atomic E-state index is 0. The van der Waals surface area contributed by atoms with Crippen LogP contribution >= 0.6 is 46.7 Å². The third-order valence-corrected chi connectivity index (χ3v) is 5.34. The molecule has 2 rings (SSSR count). The third kappa shape index (κ3) is 8.00. The molecule has 0 radical (unpaired) electrons. The van der Waals surface area contributed by atoms with Crippen molar-refractivity contribution in [3.05, 3.63) is 32.2 Å². The molecule has 0 saturated heterocycles. The Kier molecular flexibility index (Phi) is 10.5. The van der Waals surface area contributed by atoms with Crippen LogP contribution in [0.5, 0.6) is 0 Å². The van der Waals surface area contributed by atoms with Gasteiger partial charge >= 0.3 is 0 Å². The van der Waals surface area contributed by atoms with Crippen molar-refractivity contribution >= 4 is 52.6 Å². The number of unbranched alkanes of at least 4 members (excludes halogenated alkanes) is 1. The van der Waals surface area contributed by atoms with Gasteiger partial charge in [0.05, 0.1) is 22.3 Å². The highest BCUT2D eigenvalue weighted by Gasteiger charge is 2.08. The molecule has 2 aromatic heterocycles. The predicted molar refractivity (Wildman–Crippen MR) is 120 cm³/mol. The zero-order chi connectivity index (χ0) is 17.4. The predicted octanol–water partition coefficient (Wildman–Crippen LogP) is 4.25. The molecule has 0 unspecified atom stereocenters. The first-order valence-electron chi connectivity index (χ1n) is 8.40. The van der Waals surface area contributed by atoms with E-state index in [0.29, 0.717) is 0 Å². The molecule has 0 fully saturated rings. The van der Waals surface area contributed by atoms with Gasteiger partial charge in [0.1, 0.15) is 0 Å². The quantitative estimate of drug-likeness (QED) is 0.259. The van der Waals surface area contributed by atoms with Crippen molar-refractivity contribution < 1.29 is 0 Å². The van der Waals surface area contributed by atoms with Crippen molar-refractivity contribution in [1.29, 1.82) is 0 Å². The number of nitrogens with zero attached hydrogens (tertiary/aromatic N) is 4. The van der Waals surface area contributed by atoms with Gasteiger partial charge in [-0.3, -0.25) is 4.99 Å². The fourth-order valence-electron chi connectivity index (χ4n) is 2.36. The molecular weight excluding hydrogens is 465 g/mol. The standard InChI is InChI=1S/C17H27N5S2.HI/c1-5-18-17(22(4)10-15-12-23-14(3)21-15)19-9-7-6-8-16-20-13(2)11-24-16;/h11-12H,5-10H2,1-4H3,(H,18,19);1H. The Hall–Kier alpha value is -0.740. The first kappa shape index (κ1) is 22.3. The molecule has 0 aliphatic rings. The van der Waals surface area contributed by atoms with Crippen molar-refractivity contribution in [3.8, 4) is 0 Å². The summed E-state index contributed by atoms with van der Waals surface area (Å²) in [5, 5.41) is 9.94. The Balaban J connectivity index is 0.00000312. The Morgan fingerprint density at radius 3 is 2.60 bits per heavy atom. The molecule has 0 aromatic carbocycles. The lowest BCUT2D eigenvalue weighted by atomic mass is 10.2. The summed E-state index contributed by atoms with van der Waals surface area (Å²) in [5.41, 5.74) is 2.23. The van der Waals surface area contributed by atoms with Crippen molar-refractivity contribution in [2.45, 2.75) is 46.6 Å². The maximum atomic E-state index is 4.74. The number of nitrogens with one attached hydrogen (secondary N) is 1. The molecule has 2 aromatic rings. The summed E-state index contributed by atoms with van der Waals surface area (Å²) in [5.74, 6) is 0.952. The van der Waals surface area contributed by atoms with Crippen LogP contribution in [0.15, 0.2) is 15.8 Å². The van der Waals surface area contributed by atoms with Crippen molar-refractivity contribution in [1.82, 2.24) is 20.2 Å². The fraction of sp³-hybridized carbons (Fsp3) is 0.588. The number of thiazole rings is 2. The summed E-state index contributed by atoms with van der Waals surface area (Å²) in [4.78, 5) is 15.9. The van der Waals surface area contributed by atoms with E-state index in [9.17, 15) is 0 Å². The number of aliphatic imine (C=N–C) groups is 1. The lowest BCUT2D eigenvalue weighted by Gasteiger charge is -2.21. The Morgan fingerprint density at radius 2 is 2.00 bits per heavy atom. The van der Waals surface area contributed by atoms with Gasteiger partial charge in [0.25, 0.3) is 0 Å². The van der Waals surface area contributed by atoms with Crippen LogP contribution in [0.3, 0.4) is 0 Å². The van der Waals surface area contributed by atoms with Gasteiger partial charge in [-0.05, 0) is 40.0 Å². The monoisotopic (exact) mass is 493 g/mol. The summed E-state index contributed by atoms with van der Waals surface area (Å²) in [6, 6.07) is 0. The van der Waals surface area contributed by atoms with Crippen LogP contribution in [0.25, 0.3) is 0 Å². The highest BCUT2D eigenvalue weighted by Crippen LogP contribution is 2.12. The molecule has 0 saturated carbocycles. The molecule has 140 valence electrons. The summed E-state index contributed by atoms with van der Waals surface area (Å²) < 4.78 is 0. The second kappa shape index (κ2) is 11.8. The number of hydrogen-bond donors (Lipinski definition) is 1. The molecule has 0 aliphatic heterocycles. The first-order chi connectivity index (χ1) is 11.6. The van der Waals surface area contributed by atoms with Gasteiger partial charge < -0.3 is 10.2 Å². The van der Waals surface area contributed by atoms with Gasteiger partial charge in [-0.15, -0.1) is 46.7 Å². The first-order valence-corrected chi connectivity index (χ1v) is 10.2. The van der Waals surface area contributed by atoms with Gasteiger partial charge in [0.2, 0.25) is 0 Å². The number of guanidine groups is 1. The maximum absolute atomic E-state index is 4.74. The second-order valence-electron chi connectivity index (χ2n) is 5.79. The van der Waals surface area contributed by atoms with Crippen LogP contribution in [0.2, 0.25) is 0 Å². The van der Waals surface area contributed by atoms with Gasteiger partial charge in [0, 0.05) is 36.6 Å². The van der Waals surface area contributed by atoms with Crippen LogP contribution in [-0.2, 0) is 13.0 Å². The average Bonchev–Trinajstić information content (AvgIpc) is 3.14. The molecule has 0 aliphatic carbocycles. The van der Waals surface area contributed by atoms with E-state index < -0.39 is 0 Å². The van der Waals surface area contributed by atoms with E-state index in [4.69, 9.17) is 4.99 Å². The zero-order valence-electron chi connectivity index (χ0n) is 15.4. The molecule has 0 spiro atoms. The van der Waals surface area contributed by atoms with E-state index >= 15 is 0 Å². The van der Waals surface area contributed by atoms with E-state index in [-0.39, 0.29) is 24.0 Å². The van der Waals surface area contributed by atoms with E-state index in [1.54, 1.807) is 22.7 Å². The number of rotatable bonds is 8. The van der Waals surface area contributed by atoms with Gasteiger partial charge in [-0.25, -0.2) is 9.97 Å². The summed E-state index contributed by atoms with van der Waals surface area (Å²) in [6.45, 7) is 8.69. The van der Waals surface area contributed by atoms with E-state index in [1.165, 1.54) is 5.01 Å². The van der Waals surface area contributed by atoms with Crippen LogP contribution in [0.1, 0.15) is 41.2 Å². The molecule has 0 atom stereocenters. The topological polar surface area (TPSA) is 53.4 Å². The summed E-state index contributed by atoms with van der Waals surface area (Å²) in [6.07, 6.45) is 3.26. The molecule has 0 bridgehead atoms. The molecular formula is C17H28IN5S2. The van der Waals surface area contributed by atoms with Crippen LogP contribution in [0, 0.1) is 13.8 Å². The molecule has 25 heavy (non-hydrogen) atoms. The summed E-state index contributed by atoms with van der Waals surface area (Å²) in [7, 11) is 2.06. The number of hydrogen-bond acceptors (Lipinski definition) is 5. The molecule has 1 N–H and O–H groups in total. The summed E-state index contributed by atoms with van der Waals surface area (Å²) >= 11 is 3.45. The van der Waals surface area contributed by atoms with Crippen molar-refractivity contribution in [2.75, 3.05) is 20.1 Å². The zero-order valence-corrected chi connectivity index (χ0v) is 19.4. The number of halogens is 1. The van der Waals surface area contributed by atoms with Crippen LogP contribution < -0.4 is 5.32 Å². The van der Waals surface area contributed by atoms with Crippen LogP contribution in [0.4, 0.5) is 0 Å². The smallest absolute Gasteiger partial charge is 0.194 e. The van der Waals surface area contributed by atoms with Crippen molar-refractivity contribution in [2.24, 2.45) is 4.99 Å². The average molecular weight is 493 g/mol. The fourth-order valence-corrected chi connectivity index (χ4v) is 3.78. The molecule has 5 nitrogen and oxygen atoms in total. The highest BCUT2D eigenvalue weighted by atomic mass is 127. The third-order valence-electron chi connectivity index (χ3n) is 3.49. The SMILES string of the molecule is CCNC(=NCCCCc1nc(C)cs1)N(C)Cc1csc(C)n1.I. The number of aryl methyl sites for hydroxylation is 3. The highest BCUT2D eigenvalue weighted by molar-refractivity contribution is 14.0. The minimum atomic E-state index is 0. The van der Waals surface area contributed by atoms with E-state index in [0.717, 1.165) is 61.3 Å². The molecule has 8 heteroatoms. The van der Waals surface area contributed by atoms with Gasteiger partial charge in [0.15, 0.2) is 5.96 Å². The van der Waals surface area contributed by atoms with Gasteiger partial charge in [-0.2, -0.15) is 0 Å². The van der Waals surface area contributed by atoms with Crippen LogP contribution in [-0.4, -0.2) is 41.0 Å². The Labute approximate surface area is 176 Å².